The van der Waals surface area contributed by atoms with Crippen molar-refractivity contribution in [2.45, 2.75) is 0 Å². The zero-order valence-corrected chi connectivity index (χ0v) is 10.1. The maximum absolute atomic E-state index is 12.4. The van der Waals surface area contributed by atoms with E-state index in [1.54, 1.807) is 24.3 Å². The zero-order valence-electron chi connectivity index (χ0n) is 10.1. The fourth-order valence-electron chi connectivity index (χ4n) is 2.33. The fourth-order valence-corrected chi connectivity index (χ4v) is 2.33. The lowest BCUT2D eigenvalue weighted by Crippen LogP contribution is -2.21. The zero-order chi connectivity index (χ0) is 13.6. The minimum atomic E-state index is -0.278. The van der Waals surface area contributed by atoms with Gasteiger partial charge in [-0.25, -0.2) is 0 Å². The Balaban J connectivity index is 2.36. The summed E-state index contributed by atoms with van der Waals surface area (Å²) in [4.78, 5) is 24.8. The van der Waals surface area contributed by atoms with E-state index in [0.717, 1.165) is 0 Å². The molecule has 4 nitrogen and oxygen atoms in total. The number of carbonyl (C=O) groups is 2. The predicted octanol–water partition coefficient (Wildman–Crippen LogP) is 2.18. The second-order valence-corrected chi connectivity index (χ2v) is 4.27. The van der Waals surface area contributed by atoms with Crippen molar-refractivity contribution in [2.24, 2.45) is 0 Å². The molecule has 0 heterocycles. The smallest absolute Gasteiger partial charge is 0.198 e. The summed E-state index contributed by atoms with van der Waals surface area (Å²) in [7, 11) is 1.40. The highest BCUT2D eigenvalue weighted by molar-refractivity contribution is 6.29. The number of ketones is 2. The summed E-state index contributed by atoms with van der Waals surface area (Å²) >= 11 is 0. The molecular formula is C15H10O4. The first-order chi connectivity index (χ1) is 9.13. The summed E-state index contributed by atoms with van der Waals surface area (Å²) < 4.78 is 5.09. The largest absolute Gasteiger partial charge is 0.508 e. The molecule has 0 amide bonds. The van der Waals surface area contributed by atoms with E-state index in [9.17, 15) is 14.7 Å². The number of hydrogen-bond acceptors (Lipinski definition) is 4. The number of phenolic OH excluding ortho intramolecular Hbond substituents is 1. The van der Waals surface area contributed by atoms with Gasteiger partial charge < -0.3 is 9.84 Å². The molecule has 1 aliphatic carbocycles. The van der Waals surface area contributed by atoms with E-state index < -0.39 is 0 Å². The summed E-state index contributed by atoms with van der Waals surface area (Å²) in [6, 6.07) is 9.27. The lowest BCUT2D eigenvalue weighted by atomic mass is 9.83. The van der Waals surface area contributed by atoms with Gasteiger partial charge in [-0.2, -0.15) is 0 Å². The molecule has 0 radical (unpaired) electrons. The van der Waals surface area contributed by atoms with Crippen LogP contribution in [-0.2, 0) is 0 Å². The molecule has 2 aromatic rings. The van der Waals surface area contributed by atoms with Gasteiger partial charge in [0.05, 0.1) is 12.7 Å². The number of fused-ring (bicyclic) bond motifs is 2. The van der Waals surface area contributed by atoms with E-state index in [-0.39, 0.29) is 34.2 Å². The first-order valence-electron chi connectivity index (χ1n) is 5.73. The van der Waals surface area contributed by atoms with Crippen LogP contribution in [0.1, 0.15) is 31.8 Å². The van der Waals surface area contributed by atoms with Crippen LogP contribution < -0.4 is 4.74 Å². The van der Waals surface area contributed by atoms with Crippen molar-refractivity contribution in [2.75, 3.05) is 7.11 Å². The second-order valence-electron chi connectivity index (χ2n) is 4.27. The Kier molecular flexibility index (Phi) is 2.38. The molecule has 0 saturated heterocycles. The van der Waals surface area contributed by atoms with Gasteiger partial charge in [-0.3, -0.25) is 9.59 Å². The van der Waals surface area contributed by atoms with Crippen molar-refractivity contribution >= 4 is 11.6 Å². The average molecular weight is 254 g/mol. The molecular weight excluding hydrogens is 244 g/mol. The van der Waals surface area contributed by atoms with Crippen LogP contribution in [0.2, 0.25) is 0 Å². The average Bonchev–Trinajstić information content (AvgIpc) is 2.43. The van der Waals surface area contributed by atoms with E-state index in [0.29, 0.717) is 11.1 Å². The molecule has 0 aromatic heterocycles. The summed E-state index contributed by atoms with van der Waals surface area (Å²) in [6.07, 6.45) is 0. The van der Waals surface area contributed by atoms with Crippen LogP contribution >= 0.6 is 0 Å². The number of rotatable bonds is 1. The van der Waals surface area contributed by atoms with Crippen LogP contribution in [0.5, 0.6) is 11.5 Å². The number of ether oxygens (including phenoxy) is 1. The normalized spacial score (nSPS) is 12.9. The molecule has 1 aliphatic rings. The van der Waals surface area contributed by atoms with Gasteiger partial charge >= 0.3 is 0 Å². The van der Waals surface area contributed by atoms with Gasteiger partial charge in [0.2, 0.25) is 0 Å². The number of hydrogen-bond donors (Lipinski definition) is 1. The minimum Gasteiger partial charge on any atom is -0.508 e. The third-order valence-corrected chi connectivity index (χ3v) is 3.19. The minimum absolute atomic E-state index is 0.101. The number of phenols is 1. The van der Waals surface area contributed by atoms with Crippen molar-refractivity contribution in [1.82, 2.24) is 0 Å². The fraction of sp³-hybridized carbons (Fsp3) is 0.0667. The Morgan fingerprint density at radius 2 is 1.58 bits per heavy atom. The van der Waals surface area contributed by atoms with E-state index in [1.807, 2.05) is 0 Å². The summed E-state index contributed by atoms with van der Waals surface area (Å²) in [6.45, 7) is 0. The van der Waals surface area contributed by atoms with Crippen molar-refractivity contribution < 1.29 is 19.4 Å². The molecule has 0 spiro atoms. The van der Waals surface area contributed by atoms with Crippen LogP contribution in [0.4, 0.5) is 0 Å². The second kappa shape index (κ2) is 3.95. The molecule has 2 aromatic carbocycles. The molecule has 0 aliphatic heterocycles. The Hall–Kier alpha value is -2.62. The van der Waals surface area contributed by atoms with Crippen molar-refractivity contribution in [3.8, 4) is 11.5 Å². The molecule has 0 atom stereocenters. The Morgan fingerprint density at radius 3 is 2.21 bits per heavy atom. The molecule has 0 bridgehead atoms. The highest BCUT2D eigenvalue weighted by Crippen LogP contribution is 2.35. The Morgan fingerprint density at radius 1 is 0.947 bits per heavy atom. The molecule has 0 unspecified atom stereocenters. The van der Waals surface area contributed by atoms with E-state index in [2.05, 4.69) is 0 Å². The maximum Gasteiger partial charge on any atom is 0.198 e. The van der Waals surface area contributed by atoms with Crippen LogP contribution in [0, 0.1) is 0 Å². The van der Waals surface area contributed by atoms with Crippen molar-refractivity contribution in [3.05, 3.63) is 58.7 Å². The molecule has 94 valence electrons. The first-order valence-corrected chi connectivity index (χ1v) is 5.73. The lowest BCUT2D eigenvalue weighted by molar-refractivity contribution is 0.0976. The molecule has 0 fully saturated rings. The molecule has 3 rings (SSSR count). The number of methoxy groups -OCH3 is 1. The standard InChI is InChI=1S/C15H10O4/c1-19-12-7-8(16)6-11-13(12)15(18)10-5-3-2-4-9(10)14(11)17/h2-7,16H,1H3. The van der Waals surface area contributed by atoms with Gasteiger partial charge in [0.15, 0.2) is 11.6 Å². The number of benzene rings is 2. The van der Waals surface area contributed by atoms with Gasteiger partial charge in [0.1, 0.15) is 11.5 Å². The SMILES string of the molecule is COc1cc(O)cc2c1C(=O)c1ccccc1C2=O. The summed E-state index contributed by atoms with van der Waals surface area (Å²) in [5.74, 6) is -0.430. The first kappa shape index (κ1) is 11.5. The van der Waals surface area contributed by atoms with Crippen LogP contribution in [-0.4, -0.2) is 23.8 Å². The highest BCUT2D eigenvalue weighted by Gasteiger charge is 2.32. The topological polar surface area (TPSA) is 63.6 Å². The van der Waals surface area contributed by atoms with Crippen molar-refractivity contribution in [3.63, 3.8) is 0 Å². The lowest BCUT2D eigenvalue weighted by Gasteiger charge is -2.19. The molecule has 0 saturated carbocycles. The summed E-state index contributed by atoms with van der Waals surface area (Å²) in [5, 5.41) is 9.61. The highest BCUT2D eigenvalue weighted by atomic mass is 16.5. The monoisotopic (exact) mass is 254 g/mol. The predicted molar refractivity (Wildman–Crippen MR) is 68.0 cm³/mol. The van der Waals surface area contributed by atoms with E-state index >= 15 is 0 Å². The van der Waals surface area contributed by atoms with Crippen LogP contribution in [0.25, 0.3) is 0 Å². The third-order valence-electron chi connectivity index (χ3n) is 3.19. The molecule has 4 heteroatoms. The summed E-state index contributed by atoms with van der Waals surface area (Å²) in [5.41, 5.74) is 1.11. The van der Waals surface area contributed by atoms with E-state index in [1.165, 1.54) is 19.2 Å². The quantitative estimate of drug-likeness (QED) is 0.723. The van der Waals surface area contributed by atoms with E-state index in [4.69, 9.17) is 4.74 Å². The van der Waals surface area contributed by atoms with Crippen LogP contribution in [0.15, 0.2) is 36.4 Å². The van der Waals surface area contributed by atoms with Gasteiger partial charge in [-0.15, -0.1) is 0 Å². The maximum atomic E-state index is 12.4. The Bertz CT molecular complexity index is 716. The van der Waals surface area contributed by atoms with Crippen molar-refractivity contribution in [1.29, 1.82) is 0 Å². The number of aromatic hydroxyl groups is 1. The van der Waals surface area contributed by atoms with Gasteiger partial charge in [-0.05, 0) is 6.07 Å². The Labute approximate surface area is 109 Å². The van der Waals surface area contributed by atoms with Gasteiger partial charge in [0.25, 0.3) is 0 Å². The molecule has 1 N–H and O–H groups in total. The van der Waals surface area contributed by atoms with Gasteiger partial charge in [0, 0.05) is 22.8 Å². The number of carbonyl (C=O) groups excluding carboxylic acids is 2. The molecule has 19 heavy (non-hydrogen) atoms. The third kappa shape index (κ3) is 1.53. The van der Waals surface area contributed by atoms with Gasteiger partial charge in [-0.1, -0.05) is 24.3 Å². The van der Waals surface area contributed by atoms with Crippen LogP contribution in [0.3, 0.4) is 0 Å².